The molecule has 1 N–H and O–H groups in total. The number of benzene rings is 1. The summed E-state index contributed by atoms with van der Waals surface area (Å²) in [5, 5.41) is 10.8. The number of aliphatic hydroxyl groups is 1. The number of anilines is 1. The first-order valence-corrected chi connectivity index (χ1v) is 8.54. The fourth-order valence-electron chi connectivity index (χ4n) is 3.52. The van der Waals surface area contributed by atoms with Crippen molar-refractivity contribution in [1.82, 2.24) is 0 Å². The number of rotatable bonds is 7. The van der Waals surface area contributed by atoms with Crippen LogP contribution in [-0.4, -0.2) is 43.0 Å². The SMILES string of the molecule is C#CCO[C@H]1C(=O)N(c2ccc(OC)cc2)[C@H]1[C@H](O)CC1=CCCC1. The Balaban J connectivity index is 1.79. The van der Waals surface area contributed by atoms with E-state index < -0.39 is 18.2 Å². The van der Waals surface area contributed by atoms with Gasteiger partial charge in [-0.1, -0.05) is 17.6 Å². The molecule has 1 aromatic rings. The molecule has 0 radical (unpaired) electrons. The van der Waals surface area contributed by atoms with Gasteiger partial charge in [0.1, 0.15) is 12.4 Å². The summed E-state index contributed by atoms with van der Waals surface area (Å²) < 4.78 is 10.7. The van der Waals surface area contributed by atoms with Crippen molar-refractivity contribution in [2.24, 2.45) is 0 Å². The van der Waals surface area contributed by atoms with Crippen LogP contribution < -0.4 is 9.64 Å². The van der Waals surface area contributed by atoms with Gasteiger partial charge in [-0.3, -0.25) is 4.79 Å². The minimum absolute atomic E-state index is 0.0543. The molecule has 1 amide bonds. The van der Waals surface area contributed by atoms with Crippen molar-refractivity contribution in [3.63, 3.8) is 0 Å². The van der Waals surface area contributed by atoms with E-state index in [4.69, 9.17) is 15.9 Å². The highest BCUT2D eigenvalue weighted by atomic mass is 16.5. The van der Waals surface area contributed by atoms with E-state index >= 15 is 0 Å². The summed E-state index contributed by atoms with van der Waals surface area (Å²) in [7, 11) is 1.59. The highest BCUT2D eigenvalue weighted by molar-refractivity contribution is 6.05. The first-order chi connectivity index (χ1) is 12.2. The lowest BCUT2D eigenvalue weighted by atomic mass is 9.88. The minimum Gasteiger partial charge on any atom is -0.497 e. The van der Waals surface area contributed by atoms with E-state index in [0.717, 1.165) is 24.9 Å². The van der Waals surface area contributed by atoms with Gasteiger partial charge < -0.3 is 19.5 Å². The van der Waals surface area contributed by atoms with Crippen LogP contribution in [0.5, 0.6) is 5.75 Å². The molecule has 1 heterocycles. The van der Waals surface area contributed by atoms with Crippen LogP contribution in [0.1, 0.15) is 25.7 Å². The van der Waals surface area contributed by atoms with E-state index in [1.54, 1.807) is 24.1 Å². The van der Waals surface area contributed by atoms with Crippen LogP contribution >= 0.6 is 0 Å². The molecule has 25 heavy (non-hydrogen) atoms. The lowest BCUT2D eigenvalue weighted by molar-refractivity contribution is -0.145. The molecular weight excluding hydrogens is 318 g/mol. The summed E-state index contributed by atoms with van der Waals surface area (Å²) in [4.78, 5) is 14.1. The molecule has 1 saturated heterocycles. The number of terminal acetylenes is 1. The average molecular weight is 341 g/mol. The molecule has 1 aromatic carbocycles. The first-order valence-electron chi connectivity index (χ1n) is 8.54. The van der Waals surface area contributed by atoms with Gasteiger partial charge in [0.25, 0.3) is 5.91 Å². The largest absolute Gasteiger partial charge is 0.497 e. The summed E-state index contributed by atoms with van der Waals surface area (Å²) in [6.07, 6.45) is 9.80. The second kappa shape index (κ2) is 7.73. The molecule has 5 heteroatoms. The maximum Gasteiger partial charge on any atom is 0.258 e. The number of ether oxygens (including phenoxy) is 2. The first kappa shape index (κ1) is 17.5. The Morgan fingerprint density at radius 1 is 1.40 bits per heavy atom. The van der Waals surface area contributed by atoms with Gasteiger partial charge in [-0.05, 0) is 49.9 Å². The van der Waals surface area contributed by atoms with Crippen molar-refractivity contribution in [2.75, 3.05) is 18.6 Å². The lowest BCUT2D eigenvalue weighted by Crippen LogP contribution is -2.70. The van der Waals surface area contributed by atoms with E-state index in [1.807, 2.05) is 12.1 Å². The smallest absolute Gasteiger partial charge is 0.258 e. The second-order valence-corrected chi connectivity index (χ2v) is 6.36. The molecule has 0 spiro atoms. The number of nitrogens with zero attached hydrogens (tertiary/aromatic N) is 1. The Hall–Kier alpha value is -2.29. The van der Waals surface area contributed by atoms with E-state index in [1.165, 1.54) is 5.57 Å². The number of carbonyl (C=O) groups is 1. The maximum absolute atomic E-state index is 12.5. The summed E-state index contributed by atoms with van der Waals surface area (Å²) in [6, 6.07) is 6.77. The van der Waals surface area contributed by atoms with Crippen molar-refractivity contribution >= 4 is 11.6 Å². The number of hydrogen-bond donors (Lipinski definition) is 1. The molecule has 3 rings (SSSR count). The zero-order chi connectivity index (χ0) is 17.8. The van der Waals surface area contributed by atoms with Gasteiger partial charge in [-0.2, -0.15) is 0 Å². The normalized spacial score (nSPS) is 23.6. The van der Waals surface area contributed by atoms with Crippen LogP contribution in [0, 0.1) is 12.3 Å². The third-order valence-corrected chi connectivity index (χ3v) is 4.79. The molecule has 1 aliphatic carbocycles. The van der Waals surface area contributed by atoms with Gasteiger partial charge in [0.05, 0.1) is 19.3 Å². The number of β-lactam (4-membered cyclic amide) rings is 1. The topological polar surface area (TPSA) is 59.0 Å². The van der Waals surface area contributed by atoms with Crippen molar-refractivity contribution in [2.45, 2.75) is 43.9 Å². The zero-order valence-corrected chi connectivity index (χ0v) is 14.4. The molecule has 132 valence electrons. The number of aliphatic hydroxyl groups excluding tert-OH is 1. The summed E-state index contributed by atoms with van der Waals surface area (Å²) >= 11 is 0. The van der Waals surface area contributed by atoms with Crippen molar-refractivity contribution in [3.8, 4) is 18.1 Å². The van der Waals surface area contributed by atoms with Gasteiger partial charge in [0.2, 0.25) is 0 Å². The fourth-order valence-corrected chi connectivity index (χ4v) is 3.52. The number of methoxy groups -OCH3 is 1. The molecule has 0 saturated carbocycles. The Morgan fingerprint density at radius 3 is 2.76 bits per heavy atom. The number of hydrogen-bond acceptors (Lipinski definition) is 4. The second-order valence-electron chi connectivity index (χ2n) is 6.36. The Morgan fingerprint density at radius 2 is 2.16 bits per heavy atom. The molecule has 3 atom stereocenters. The molecule has 1 aliphatic heterocycles. The van der Waals surface area contributed by atoms with Gasteiger partial charge in [-0.25, -0.2) is 0 Å². The van der Waals surface area contributed by atoms with E-state index in [-0.39, 0.29) is 12.5 Å². The molecule has 0 bridgehead atoms. The number of carbonyl (C=O) groups excluding carboxylic acids is 1. The Bertz CT molecular complexity index is 689. The van der Waals surface area contributed by atoms with Gasteiger partial charge in [0.15, 0.2) is 6.10 Å². The van der Waals surface area contributed by atoms with Gasteiger partial charge in [-0.15, -0.1) is 6.42 Å². The molecule has 2 aliphatic rings. The Kier molecular flexibility index (Phi) is 5.42. The van der Waals surface area contributed by atoms with Gasteiger partial charge in [0, 0.05) is 5.69 Å². The van der Waals surface area contributed by atoms with Crippen LogP contribution in [0.15, 0.2) is 35.9 Å². The van der Waals surface area contributed by atoms with Crippen molar-refractivity contribution in [1.29, 1.82) is 0 Å². The molecule has 5 nitrogen and oxygen atoms in total. The molecule has 0 unspecified atom stereocenters. The van der Waals surface area contributed by atoms with Crippen LogP contribution in [-0.2, 0) is 9.53 Å². The standard InChI is InChI=1S/C20H23NO4/c1-3-12-25-19-18(17(22)13-14-6-4-5-7-14)21(20(19)23)15-8-10-16(24-2)11-9-15/h1,6,8-11,17-19,22H,4-5,7,12-13H2,2H3/t17-,18+,19-/m1/s1. The average Bonchev–Trinajstić information content (AvgIpc) is 3.13. The van der Waals surface area contributed by atoms with Crippen LogP contribution in [0.25, 0.3) is 0 Å². The number of amides is 1. The van der Waals surface area contributed by atoms with E-state index in [2.05, 4.69) is 12.0 Å². The highest BCUT2D eigenvalue weighted by Crippen LogP contribution is 2.35. The number of allylic oxidation sites excluding steroid dienone is 1. The maximum atomic E-state index is 12.5. The van der Waals surface area contributed by atoms with Crippen LogP contribution in [0.3, 0.4) is 0 Å². The van der Waals surface area contributed by atoms with E-state index in [0.29, 0.717) is 12.2 Å². The van der Waals surface area contributed by atoms with Crippen molar-refractivity contribution < 1.29 is 19.4 Å². The monoisotopic (exact) mass is 341 g/mol. The highest BCUT2D eigenvalue weighted by Gasteiger charge is 2.52. The third kappa shape index (κ3) is 3.55. The third-order valence-electron chi connectivity index (χ3n) is 4.79. The van der Waals surface area contributed by atoms with Gasteiger partial charge >= 0.3 is 0 Å². The van der Waals surface area contributed by atoms with E-state index in [9.17, 15) is 9.90 Å². The molecular formula is C20H23NO4. The van der Waals surface area contributed by atoms with Crippen LogP contribution in [0.2, 0.25) is 0 Å². The van der Waals surface area contributed by atoms with Crippen molar-refractivity contribution in [3.05, 3.63) is 35.9 Å². The predicted molar refractivity (Wildman–Crippen MR) is 95.4 cm³/mol. The quantitative estimate of drug-likeness (QED) is 0.470. The Labute approximate surface area is 148 Å². The lowest BCUT2D eigenvalue weighted by Gasteiger charge is -2.48. The predicted octanol–water partition coefficient (Wildman–Crippen LogP) is 2.29. The minimum atomic E-state index is -0.699. The fraction of sp³-hybridized carbons (Fsp3) is 0.450. The summed E-state index contributed by atoms with van der Waals surface area (Å²) in [6.45, 7) is 0.0543. The zero-order valence-electron chi connectivity index (χ0n) is 14.4. The summed E-state index contributed by atoms with van der Waals surface area (Å²) in [5.74, 6) is 2.92. The molecule has 1 fully saturated rings. The molecule has 0 aromatic heterocycles. The van der Waals surface area contributed by atoms with Crippen LogP contribution in [0.4, 0.5) is 5.69 Å². The summed E-state index contributed by atoms with van der Waals surface area (Å²) in [5.41, 5.74) is 1.97.